The zero-order valence-electron chi connectivity index (χ0n) is 12.7. The van der Waals surface area contributed by atoms with E-state index in [0.29, 0.717) is 5.54 Å². The van der Waals surface area contributed by atoms with E-state index >= 15 is 0 Å². The lowest BCUT2D eigenvalue weighted by Crippen LogP contribution is -2.63. The van der Waals surface area contributed by atoms with Gasteiger partial charge in [-0.15, -0.1) is 0 Å². The van der Waals surface area contributed by atoms with Crippen molar-refractivity contribution in [2.75, 3.05) is 6.54 Å². The first-order chi connectivity index (χ1) is 9.24. The second kappa shape index (κ2) is 4.48. The molecule has 1 heteroatoms. The van der Waals surface area contributed by atoms with E-state index in [9.17, 15) is 0 Å². The molecular formula is C18H31N. The molecule has 0 aromatic rings. The molecule has 108 valence electrons. The standard InChI is InChI=1S/C18H31N/c1-2-19-18-11-14-8-15(12-18)10-17(9-14,13-18)16-6-4-3-5-7-16/h14-16,19H,2-13H2,1H3. The lowest BCUT2D eigenvalue weighted by Gasteiger charge is -2.65. The van der Waals surface area contributed by atoms with E-state index in [-0.39, 0.29) is 0 Å². The first kappa shape index (κ1) is 12.7. The van der Waals surface area contributed by atoms with E-state index in [1.165, 1.54) is 45.1 Å². The molecule has 5 fully saturated rings. The fourth-order valence-electron chi connectivity index (χ4n) is 7.11. The summed E-state index contributed by atoms with van der Waals surface area (Å²) in [5.41, 5.74) is 1.34. The third-order valence-electron chi connectivity index (χ3n) is 7.13. The van der Waals surface area contributed by atoms with Crippen LogP contribution in [0.3, 0.4) is 0 Å². The van der Waals surface area contributed by atoms with Crippen LogP contribution < -0.4 is 5.32 Å². The third kappa shape index (κ3) is 1.99. The van der Waals surface area contributed by atoms with Crippen molar-refractivity contribution in [3.8, 4) is 0 Å². The lowest BCUT2D eigenvalue weighted by atomic mass is 9.43. The highest BCUT2D eigenvalue weighted by molar-refractivity contribution is 5.13. The highest BCUT2D eigenvalue weighted by Crippen LogP contribution is 2.65. The Balaban J connectivity index is 1.62. The number of nitrogens with one attached hydrogen (secondary N) is 1. The molecule has 5 rings (SSSR count). The molecule has 0 spiro atoms. The topological polar surface area (TPSA) is 12.0 Å². The third-order valence-corrected chi connectivity index (χ3v) is 7.13. The van der Waals surface area contributed by atoms with Crippen molar-refractivity contribution >= 4 is 0 Å². The van der Waals surface area contributed by atoms with Gasteiger partial charge in [0.15, 0.2) is 0 Å². The first-order valence-corrected chi connectivity index (χ1v) is 8.99. The summed E-state index contributed by atoms with van der Waals surface area (Å²) in [5.74, 6) is 3.23. The summed E-state index contributed by atoms with van der Waals surface area (Å²) >= 11 is 0. The molecule has 19 heavy (non-hydrogen) atoms. The molecule has 0 saturated heterocycles. The van der Waals surface area contributed by atoms with Crippen LogP contribution in [-0.2, 0) is 0 Å². The SMILES string of the molecule is CCNC12CC3CC(C1)CC(C1CCCCC1)(C3)C2. The number of hydrogen-bond donors (Lipinski definition) is 1. The highest BCUT2D eigenvalue weighted by atomic mass is 15.0. The zero-order chi connectivity index (χ0) is 12.9. The van der Waals surface area contributed by atoms with E-state index in [4.69, 9.17) is 0 Å². The van der Waals surface area contributed by atoms with Crippen LogP contribution in [0.4, 0.5) is 0 Å². The summed E-state index contributed by atoms with van der Waals surface area (Å²) in [5, 5.41) is 3.95. The molecule has 4 bridgehead atoms. The van der Waals surface area contributed by atoms with Gasteiger partial charge in [-0.05, 0) is 81.1 Å². The smallest absolute Gasteiger partial charge is 0.0192 e. The van der Waals surface area contributed by atoms with Gasteiger partial charge in [0.1, 0.15) is 0 Å². The maximum Gasteiger partial charge on any atom is 0.0192 e. The van der Waals surface area contributed by atoms with Crippen LogP contribution in [0.5, 0.6) is 0 Å². The maximum absolute atomic E-state index is 3.95. The van der Waals surface area contributed by atoms with Crippen molar-refractivity contribution in [2.45, 2.75) is 83.1 Å². The molecule has 0 aromatic carbocycles. The Morgan fingerprint density at radius 3 is 2.26 bits per heavy atom. The van der Waals surface area contributed by atoms with Gasteiger partial charge >= 0.3 is 0 Å². The second-order valence-electron chi connectivity index (χ2n) is 8.47. The Labute approximate surface area is 118 Å². The minimum Gasteiger partial charge on any atom is -0.311 e. The van der Waals surface area contributed by atoms with Gasteiger partial charge in [-0.2, -0.15) is 0 Å². The Morgan fingerprint density at radius 1 is 0.947 bits per heavy atom. The van der Waals surface area contributed by atoms with Gasteiger partial charge < -0.3 is 5.32 Å². The monoisotopic (exact) mass is 261 g/mol. The predicted molar refractivity (Wildman–Crippen MR) is 80.1 cm³/mol. The largest absolute Gasteiger partial charge is 0.311 e. The molecule has 5 aliphatic rings. The summed E-state index contributed by atoms with van der Waals surface area (Å²) in [7, 11) is 0. The molecule has 0 radical (unpaired) electrons. The minimum atomic E-state index is 0.566. The molecule has 0 aliphatic heterocycles. The van der Waals surface area contributed by atoms with Crippen molar-refractivity contribution in [1.29, 1.82) is 0 Å². The van der Waals surface area contributed by atoms with Gasteiger partial charge in [-0.25, -0.2) is 0 Å². The van der Waals surface area contributed by atoms with Crippen molar-refractivity contribution in [1.82, 2.24) is 5.32 Å². The normalized spacial score (nSPS) is 49.7. The van der Waals surface area contributed by atoms with Crippen LogP contribution in [0.15, 0.2) is 0 Å². The molecule has 0 heterocycles. The summed E-state index contributed by atoms with van der Waals surface area (Å²) in [6.45, 7) is 3.49. The summed E-state index contributed by atoms with van der Waals surface area (Å²) in [6.07, 6.45) is 17.0. The van der Waals surface area contributed by atoms with Crippen LogP contribution in [-0.4, -0.2) is 12.1 Å². The van der Waals surface area contributed by atoms with E-state index < -0.39 is 0 Å². The fourth-order valence-corrected chi connectivity index (χ4v) is 7.11. The molecule has 0 amide bonds. The Bertz CT molecular complexity index is 328. The van der Waals surface area contributed by atoms with Crippen LogP contribution in [0.1, 0.15) is 77.6 Å². The Hall–Kier alpha value is -0.0400. The molecule has 0 aromatic heterocycles. The van der Waals surface area contributed by atoms with E-state index in [2.05, 4.69) is 12.2 Å². The molecule has 5 aliphatic carbocycles. The average molecular weight is 261 g/mol. The zero-order valence-corrected chi connectivity index (χ0v) is 12.7. The molecular weight excluding hydrogens is 230 g/mol. The average Bonchev–Trinajstić information content (AvgIpc) is 2.38. The van der Waals surface area contributed by atoms with Gasteiger partial charge in [0, 0.05) is 5.54 Å². The quantitative estimate of drug-likeness (QED) is 0.788. The molecule has 2 unspecified atom stereocenters. The fraction of sp³-hybridized carbons (Fsp3) is 1.00. The summed E-state index contributed by atoms with van der Waals surface area (Å²) in [4.78, 5) is 0. The predicted octanol–water partition coefficient (Wildman–Crippen LogP) is 4.52. The molecule has 2 atom stereocenters. The van der Waals surface area contributed by atoms with Crippen molar-refractivity contribution in [2.24, 2.45) is 23.2 Å². The van der Waals surface area contributed by atoms with Gasteiger partial charge in [0.25, 0.3) is 0 Å². The Kier molecular flexibility index (Phi) is 2.99. The van der Waals surface area contributed by atoms with Gasteiger partial charge in [0.05, 0.1) is 0 Å². The van der Waals surface area contributed by atoms with Crippen LogP contribution in [0.25, 0.3) is 0 Å². The van der Waals surface area contributed by atoms with Crippen molar-refractivity contribution in [3.63, 3.8) is 0 Å². The van der Waals surface area contributed by atoms with Crippen LogP contribution in [0.2, 0.25) is 0 Å². The number of hydrogen-bond acceptors (Lipinski definition) is 1. The summed E-state index contributed by atoms with van der Waals surface area (Å²) < 4.78 is 0. The van der Waals surface area contributed by atoms with Crippen LogP contribution in [0, 0.1) is 23.2 Å². The first-order valence-electron chi connectivity index (χ1n) is 8.99. The van der Waals surface area contributed by atoms with E-state index in [1.807, 2.05) is 0 Å². The highest BCUT2D eigenvalue weighted by Gasteiger charge is 2.59. The Morgan fingerprint density at radius 2 is 1.63 bits per heavy atom. The summed E-state index contributed by atoms with van der Waals surface area (Å²) in [6, 6.07) is 0. The molecule has 5 saturated carbocycles. The molecule has 1 N–H and O–H groups in total. The van der Waals surface area contributed by atoms with Crippen molar-refractivity contribution in [3.05, 3.63) is 0 Å². The minimum absolute atomic E-state index is 0.566. The van der Waals surface area contributed by atoms with E-state index in [0.717, 1.165) is 23.2 Å². The second-order valence-corrected chi connectivity index (χ2v) is 8.47. The number of rotatable bonds is 3. The maximum atomic E-state index is 3.95. The van der Waals surface area contributed by atoms with E-state index in [1.54, 1.807) is 32.1 Å². The lowest BCUT2D eigenvalue weighted by molar-refractivity contribution is -0.117. The molecule has 1 nitrogen and oxygen atoms in total. The van der Waals surface area contributed by atoms with Gasteiger partial charge in [0.2, 0.25) is 0 Å². The van der Waals surface area contributed by atoms with Gasteiger partial charge in [-0.3, -0.25) is 0 Å². The van der Waals surface area contributed by atoms with Crippen LogP contribution >= 0.6 is 0 Å². The van der Waals surface area contributed by atoms with Gasteiger partial charge in [-0.1, -0.05) is 26.2 Å². The van der Waals surface area contributed by atoms with Crippen molar-refractivity contribution < 1.29 is 0 Å².